The van der Waals surface area contributed by atoms with Crippen LogP contribution < -0.4 is 9.80 Å². The van der Waals surface area contributed by atoms with Crippen LogP contribution in [0.4, 0.5) is 21.9 Å². The van der Waals surface area contributed by atoms with E-state index in [2.05, 4.69) is 43.8 Å². The summed E-state index contributed by atoms with van der Waals surface area (Å²) in [7, 11) is 0. The number of nitrogens with zero attached hydrogens (tertiary/aromatic N) is 3. The van der Waals surface area contributed by atoms with Crippen LogP contribution in [0.25, 0.3) is 4.85 Å². The lowest BCUT2D eigenvalue weighted by Crippen LogP contribution is -2.43. The quantitative estimate of drug-likeness (QED) is 0.447. The molecule has 1 aliphatic rings. The lowest BCUT2D eigenvalue weighted by molar-refractivity contribution is 0.254. The van der Waals surface area contributed by atoms with E-state index in [9.17, 15) is 4.79 Å². The van der Waals surface area contributed by atoms with Crippen LogP contribution in [-0.2, 0) is 0 Å². The van der Waals surface area contributed by atoms with Gasteiger partial charge in [0.1, 0.15) is 0 Å². The summed E-state index contributed by atoms with van der Waals surface area (Å²) in [5, 5.41) is 0. The Kier molecular flexibility index (Phi) is 4.83. The van der Waals surface area contributed by atoms with E-state index in [4.69, 9.17) is 6.57 Å². The van der Waals surface area contributed by atoms with Crippen molar-refractivity contribution in [3.8, 4) is 0 Å². The summed E-state index contributed by atoms with van der Waals surface area (Å²) >= 11 is 0. The van der Waals surface area contributed by atoms with Crippen molar-refractivity contribution in [2.45, 2.75) is 39.3 Å². The fourth-order valence-electron chi connectivity index (χ4n) is 4.38. The van der Waals surface area contributed by atoms with Gasteiger partial charge in [-0.25, -0.2) is 9.64 Å². The van der Waals surface area contributed by atoms with Crippen LogP contribution in [0.15, 0.2) is 72.8 Å². The zero-order valence-electron chi connectivity index (χ0n) is 17.8. The van der Waals surface area contributed by atoms with Crippen molar-refractivity contribution in [2.75, 3.05) is 9.80 Å². The second-order valence-electron chi connectivity index (χ2n) is 8.42. The van der Waals surface area contributed by atoms with Gasteiger partial charge in [-0.2, -0.15) is 0 Å². The molecule has 150 valence electrons. The Morgan fingerprint density at radius 2 is 1.50 bits per heavy atom. The Morgan fingerprint density at radius 3 is 2.10 bits per heavy atom. The third-order valence-electron chi connectivity index (χ3n) is 5.81. The molecule has 3 aromatic rings. The number of benzene rings is 3. The summed E-state index contributed by atoms with van der Waals surface area (Å²) < 4.78 is 0. The highest BCUT2D eigenvalue weighted by Gasteiger charge is 2.53. The molecule has 0 aliphatic carbocycles. The number of urea groups is 1. The number of amides is 2. The van der Waals surface area contributed by atoms with Gasteiger partial charge in [-0.05, 0) is 57.5 Å². The van der Waals surface area contributed by atoms with E-state index in [0.717, 1.165) is 28.1 Å². The van der Waals surface area contributed by atoms with Gasteiger partial charge in [-0.1, -0.05) is 59.7 Å². The number of carbonyl (C=O) groups is 1. The minimum absolute atomic E-state index is 0.0640. The number of hydrogen-bond donors (Lipinski definition) is 0. The highest BCUT2D eigenvalue weighted by atomic mass is 16.2. The number of anilines is 2. The summed E-state index contributed by atoms with van der Waals surface area (Å²) in [6.07, 6.45) is 0. The predicted molar refractivity (Wildman–Crippen MR) is 122 cm³/mol. The Balaban J connectivity index is 1.89. The van der Waals surface area contributed by atoms with Crippen LogP contribution in [-0.4, -0.2) is 11.6 Å². The molecule has 1 aliphatic heterocycles. The molecule has 0 aromatic heterocycles. The highest BCUT2D eigenvalue weighted by Crippen LogP contribution is 2.47. The second-order valence-corrected chi connectivity index (χ2v) is 8.42. The fourth-order valence-corrected chi connectivity index (χ4v) is 4.38. The van der Waals surface area contributed by atoms with E-state index < -0.39 is 5.54 Å². The van der Waals surface area contributed by atoms with Crippen LogP contribution in [0.1, 0.15) is 36.6 Å². The maximum atomic E-state index is 13.8. The van der Waals surface area contributed by atoms with Crippen molar-refractivity contribution >= 4 is 23.1 Å². The minimum Gasteiger partial charge on any atom is -0.286 e. The molecule has 1 fully saturated rings. The Hall–Kier alpha value is -3.58. The average molecular weight is 396 g/mol. The average Bonchev–Trinajstić information content (AvgIpc) is 2.94. The predicted octanol–water partition coefficient (Wildman–Crippen LogP) is 6.82. The summed E-state index contributed by atoms with van der Waals surface area (Å²) in [6, 6.07) is 23.5. The zero-order chi connectivity index (χ0) is 21.5. The summed E-state index contributed by atoms with van der Waals surface area (Å²) in [4.78, 5) is 21.1. The molecule has 1 saturated heterocycles. The number of hydrogen-bond acceptors (Lipinski definition) is 1. The van der Waals surface area contributed by atoms with Crippen molar-refractivity contribution < 1.29 is 4.79 Å². The van der Waals surface area contributed by atoms with Gasteiger partial charge in [0, 0.05) is 11.4 Å². The Labute approximate surface area is 178 Å². The first kappa shape index (κ1) is 19.7. The van der Waals surface area contributed by atoms with Gasteiger partial charge in [-0.15, -0.1) is 0 Å². The number of carbonyl (C=O) groups excluding carboxylic acids is 1. The number of rotatable bonds is 3. The molecule has 0 spiro atoms. The molecule has 30 heavy (non-hydrogen) atoms. The Bertz CT molecular complexity index is 1120. The minimum atomic E-state index is -0.487. The van der Waals surface area contributed by atoms with Crippen LogP contribution in [0.2, 0.25) is 0 Å². The molecule has 1 heterocycles. The van der Waals surface area contributed by atoms with Gasteiger partial charge >= 0.3 is 6.03 Å². The smallest absolute Gasteiger partial charge is 0.286 e. The van der Waals surface area contributed by atoms with E-state index in [1.54, 1.807) is 12.1 Å². The molecule has 0 N–H and O–H groups in total. The molecule has 4 rings (SSSR count). The third-order valence-corrected chi connectivity index (χ3v) is 5.81. The molecular formula is C26H25N3O. The van der Waals surface area contributed by atoms with Gasteiger partial charge < -0.3 is 0 Å². The second kappa shape index (κ2) is 7.35. The van der Waals surface area contributed by atoms with Gasteiger partial charge in [0.05, 0.1) is 18.2 Å². The lowest BCUT2D eigenvalue weighted by atomic mass is 9.87. The van der Waals surface area contributed by atoms with Crippen molar-refractivity contribution in [3.05, 3.63) is 101 Å². The summed E-state index contributed by atoms with van der Waals surface area (Å²) in [6.45, 7) is 15.6. The SMILES string of the molecule is [C-]#[N+]c1ccc(N2C(=O)N(c3ccc(C)cc3)C(C)(C)[C@@H]2c2cccc(C)c2)cc1. The highest BCUT2D eigenvalue weighted by molar-refractivity contribution is 6.08. The van der Waals surface area contributed by atoms with Crippen LogP contribution in [0.5, 0.6) is 0 Å². The molecule has 0 unspecified atom stereocenters. The van der Waals surface area contributed by atoms with Crippen molar-refractivity contribution in [1.82, 2.24) is 0 Å². The molecule has 4 nitrogen and oxygen atoms in total. The molecule has 1 atom stereocenters. The lowest BCUT2D eigenvalue weighted by Gasteiger charge is -2.35. The van der Waals surface area contributed by atoms with E-state index in [-0.39, 0.29) is 12.1 Å². The van der Waals surface area contributed by atoms with Gasteiger partial charge in [0.2, 0.25) is 0 Å². The largest absolute Gasteiger partial charge is 0.330 e. The molecule has 3 aromatic carbocycles. The standard InChI is InChI=1S/C26H25N3O/c1-18-9-13-23(14-10-18)29-25(30)28(22-15-11-21(27-5)12-16-22)24(26(29,3)4)20-8-6-7-19(2)17-20/h6-17,24H,1-4H3/t24-/m0/s1. The van der Waals surface area contributed by atoms with Gasteiger partial charge in [0.25, 0.3) is 0 Å². The molecule has 4 heteroatoms. The van der Waals surface area contributed by atoms with Gasteiger partial charge in [0.15, 0.2) is 5.69 Å². The van der Waals surface area contributed by atoms with Crippen LogP contribution in [0.3, 0.4) is 0 Å². The van der Waals surface area contributed by atoms with E-state index >= 15 is 0 Å². The zero-order valence-corrected chi connectivity index (χ0v) is 17.8. The topological polar surface area (TPSA) is 27.9 Å². The van der Waals surface area contributed by atoms with Crippen molar-refractivity contribution in [1.29, 1.82) is 0 Å². The van der Waals surface area contributed by atoms with Crippen molar-refractivity contribution in [3.63, 3.8) is 0 Å². The molecule has 0 bridgehead atoms. The Morgan fingerprint density at radius 1 is 0.867 bits per heavy atom. The molecule has 2 amide bonds. The monoisotopic (exact) mass is 395 g/mol. The number of aryl methyl sites for hydroxylation is 2. The van der Waals surface area contributed by atoms with Crippen molar-refractivity contribution in [2.24, 2.45) is 0 Å². The van der Waals surface area contributed by atoms with Crippen LogP contribution >= 0.6 is 0 Å². The first-order valence-corrected chi connectivity index (χ1v) is 10.1. The van der Waals surface area contributed by atoms with Gasteiger partial charge in [-0.3, -0.25) is 9.80 Å². The summed E-state index contributed by atoms with van der Waals surface area (Å²) in [5.41, 5.74) is 5.16. The van der Waals surface area contributed by atoms with E-state index in [0.29, 0.717) is 5.69 Å². The first-order valence-electron chi connectivity index (χ1n) is 10.1. The summed E-state index contributed by atoms with van der Waals surface area (Å²) in [5.74, 6) is 0. The van der Waals surface area contributed by atoms with Crippen LogP contribution in [0, 0.1) is 20.4 Å². The fraction of sp³-hybridized carbons (Fsp3) is 0.231. The maximum Gasteiger partial charge on any atom is 0.330 e. The van der Waals surface area contributed by atoms with E-state index in [1.807, 2.05) is 59.2 Å². The molecule has 0 saturated carbocycles. The maximum absolute atomic E-state index is 13.8. The normalized spacial score (nSPS) is 17.8. The first-order chi connectivity index (χ1) is 14.3. The third kappa shape index (κ3) is 3.23. The molecule has 0 radical (unpaired) electrons. The van der Waals surface area contributed by atoms with E-state index in [1.165, 1.54) is 0 Å². The molecular weight excluding hydrogens is 370 g/mol.